The van der Waals surface area contributed by atoms with Crippen LogP contribution in [0.1, 0.15) is 11.3 Å². The molecular formula is C17H16BrFN2O2S. The molecule has 0 aliphatic heterocycles. The largest absolute Gasteiger partial charge is 0.358 e. The first kappa shape index (κ1) is 17.1. The molecule has 0 atom stereocenters. The molecule has 7 heteroatoms. The van der Waals surface area contributed by atoms with E-state index in [9.17, 15) is 12.8 Å². The van der Waals surface area contributed by atoms with Crippen LogP contribution in [-0.2, 0) is 16.4 Å². The van der Waals surface area contributed by atoms with Gasteiger partial charge in [0.15, 0.2) is 0 Å². The predicted molar refractivity (Wildman–Crippen MR) is 96.0 cm³/mol. The van der Waals surface area contributed by atoms with Crippen molar-refractivity contribution in [3.05, 3.63) is 64.0 Å². The average Bonchev–Trinajstić information content (AvgIpc) is 2.83. The van der Waals surface area contributed by atoms with Crippen molar-refractivity contribution < 1.29 is 12.8 Å². The standard InChI is InChI=1S/C17H16BrFN2O2S/c1-11-15(16-10-12(18)2-7-17(16)21-11)8-9-20-24(22,23)14-5-3-13(19)4-6-14/h2-7,10,20-21H,8-9H2,1H3. The summed E-state index contributed by atoms with van der Waals surface area (Å²) in [6, 6.07) is 10.7. The highest BCUT2D eigenvalue weighted by Gasteiger charge is 2.15. The fourth-order valence-electron chi connectivity index (χ4n) is 2.68. The molecule has 0 amide bonds. The summed E-state index contributed by atoms with van der Waals surface area (Å²) in [7, 11) is -3.64. The van der Waals surface area contributed by atoms with Crippen LogP contribution in [0.2, 0.25) is 0 Å². The van der Waals surface area contributed by atoms with E-state index in [0.29, 0.717) is 6.42 Å². The lowest BCUT2D eigenvalue weighted by Gasteiger charge is -2.07. The number of halogens is 2. The summed E-state index contributed by atoms with van der Waals surface area (Å²) in [6.45, 7) is 2.23. The van der Waals surface area contributed by atoms with Crippen LogP contribution in [-0.4, -0.2) is 19.9 Å². The van der Waals surface area contributed by atoms with E-state index in [1.54, 1.807) is 0 Å². The Morgan fingerprint density at radius 2 is 1.88 bits per heavy atom. The highest BCUT2D eigenvalue weighted by atomic mass is 79.9. The molecule has 1 heterocycles. The number of H-pyrrole nitrogens is 1. The van der Waals surface area contributed by atoms with Crippen LogP contribution >= 0.6 is 15.9 Å². The van der Waals surface area contributed by atoms with E-state index in [-0.39, 0.29) is 11.4 Å². The number of rotatable bonds is 5. The molecule has 2 N–H and O–H groups in total. The molecule has 24 heavy (non-hydrogen) atoms. The average molecular weight is 411 g/mol. The number of aromatic nitrogens is 1. The molecule has 0 unspecified atom stereocenters. The van der Waals surface area contributed by atoms with Crippen LogP contribution in [0, 0.1) is 12.7 Å². The zero-order valence-corrected chi connectivity index (χ0v) is 15.3. The lowest BCUT2D eigenvalue weighted by atomic mass is 10.1. The monoisotopic (exact) mass is 410 g/mol. The Bertz CT molecular complexity index is 982. The molecule has 2 aromatic carbocycles. The molecular weight excluding hydrogens is 395 g/mol. The van der Waals surface area contributed by atoms with Crippen LogP contribution in [0.3, 0.4) is 0 Å². The van der Waals surface area contributed by atoms with Gasteiger partial charge >= 0.3 is 0 Å². The first-order valence-electron chi connectivity index (χ1n) is 7.39. The Morgan fingerprint density at radius 3 is 2.58 bits per heavy atom. The summed E-state index contributed by atoms with van der Waals surface area (Å²) >= 11 is 3.46. The van der Waals surface area contributed by atoms with Crippen molar-refractivity contribution in [2.45, 2.75) is 18.2 Å². The maximum atomic E-state index is 12.9. The Kier molecular flexibility index (Phi) is 4.76. The zero-order chi connectivity index (χ0) is 17.3. The van der Waals surface area contributed by atoms with Gasteiger partial charge in [-0.2, -0.15) is 0 Å². The van der Waals surface area contributed by atoms with Gasteiger partial charge < -0.3 is 4.98 Å². The Labute approximate surface area is 148 Å². The molecule has 0 bridgehead atoms. The SMILES string of the molecule is Cc1[nH]c2ccc(Br)cc2c1CCNS(=O)(=O)c1ccc(F)cc1. The van der Waals surface area contributed by atoms with Crippen molar-refractivity contribution >= 4 is 36.9 Å². The van der Waals surface area contributed by atoms with E-state index in [0.717, 1.165) is 38.8 Å². The number of fused-ring (bicyclic) bond motifs is 1. The third-order valence-electron chi connectivity index (χ3n) is 3.87. The van der Waals surface area contributed by atoms with E-state index in [1.165, 1.54) is 12.1 Å². The van der Waals surface area contributed by atoms with E-state index < -0.39 is 15.8 Å². The second kappa shape index (κ2) is 6.66. The lowest BCUT2D eigenvalue weighted by Crippen LogP contribution is -2.26. The van der Waals surface area contributed by atoms with Crippen molar-refractivity contribution in [3.63, 3.8) is 0 Å². The molecule has 0 radical (unpaired) electrons. The van der Waals surface area contributed by atoms with Crippen LogP contribution in [0.4, 0.5) is 4.39 Å². The van der Waals surface area contributed by atoms with Gasteiger partial charge in [-0.05, 0) is 61.4 Å². The fourth-order valence-corrected chi connectivity index (χ4v) is 4.08. The highest BCUT2D eigenvalue weighted by Crippen LogP contribution is 2.25. The van der Waals surface area contributed by atoms with Gasteiger partial charge in [-0.25, -0.2) is 17.5 Å². The van der Waals surface area contributed by atoms with E-state index in [4.69, 9.17) is 0 Å². The number of aromatic amines is 1. The number of nitrogens with one attached hydrogen (secondary N) is 2. The third kappa shape index (κ3) is 3.53. The van der Waals surface area contributed by atoms with Gasteiger partial charge in [0.25, 0.3) is 0 Å². The summed E-state index contributed by atoms with van der Waals surface area (Å²) in [5.41, 5.74) is 3.12. The fraction of sp³-hybridized carbons (Fsp3) is 0.176. The molecule has 0 spiro atoms. The summed E-state index contributed by atoms with van der Waals surface area (Å²) in [5.74, 6) is -0.464. The smallest absolute Gasteiger partial charge is 0.240 e. The van der Waals surface area contributed by atoms with Crippen molar-refractivity contribution in [1.29, 1.82) is 0 Å². The normalized spacial score (nSPS) is 12.0. The van der Waals surface area contributed by atoms with Crippen molar-refractivity contribution in [1.82, 2.24) is 9.71 Å². The molecule has 0 aliphatic rings. The predicted octanol–water partition coefficient (Wildman–Crippen LogP) is 3.90. The van der Waals surface area contributed by atoms with E-state index in [1.807, 2.05) is 25.1 Å². The Hall–Kier alpha value is -1.70. The van der Waals surface area contributed by atoms with Crippen LogP contribution < -0.4 is 4.72 Å². The van der Waals surface area contributed by atoms with Crippen molar-refractivity contribution in [2.75, 3.05) is 6.54 Å². The number of sulfonamides is 1. The van der Waals surface area contributed by atoms with E-state index in [2.05, 4.69) is 25.6 Å². The number of hydrogen-bond acceptors (Lipinski definition) is 2. The first-order chi connectivity index (χ1) is 11.4. The molecule has 126 valence electrons. The second-order valence-corrected chi connectivity index (χ2v) is 8.20. The van der Waals surface area contributed by atoms with Gasteiger partial charge in [0.1, 0.15) is 5.82 Å². The summed E-state index contributed by atoms with van der Waals surface area (Å²) in [5, 5.41) is 1.07. The molecule has 1 aromatic heterocycles. The molecule has 3 aromatic rings. The van der Waals surface area contributed by atoms with Crippen LogP contribution in [0.15, 0.2) is 51.8 Å². The molecule has 0 saturated heterocycles. The minimum Gasteiger partial charge on any atom is -0.358 e. The molecule has 0 fully saturated rings. The van der Waals surface area contributed by atoms with Crippen molar-refractivity contribution in [2.24, 2.45) is 0 Å². The number of aryl methyl sites for hydroxylation is 1. The lowest BCUT2D eigenvalue weighted by molar-refractivity contribution is 0.580. The topological polar surface area (TPSA) is 62.0 Å². The molecule has 0 saturated carbocycles. The highest BCUT2D eigenvalue weighted by molar-refractivity contribution is 9.10. The van der Waals surface area contributed by atoms with Gasteiger partial charge in [0.2, 0.25) is 10.0 Å². The van der Waals surface area contributed by atoms with E-state index >= 15 is 0 Å². The Morgan fingerprint density at radius 1 is 1.17 bits per heavy atom. The van der Waals surface area contributed by atoms with Crippen molar-refractivity contribution in [3.8, 4) is 0 Å². The molecule has 4 nitrogen and oxygen atoms in total. The minimum atomic E-state index is -3.64. The van der Waals surface area contributed by atoms with Gasteiger partial charge in [0.05, 0.1) is 4.90 Å². The molecule has 0 aliphatic carbocycles. The maximum absolute atomic E-state index is 12.9. The number of hydrogen-bond donors (Lipinski definition) is 2. The minimum absolute atomic E-state index is 0.0577. The first-order valence-corrected chi connectivity index (χ1v) is 9.66. The second-order valence-electron chi connectivity index (χ2n) is 5.52. The third-order valence-corrected chi connectivity index (χ3v) is 5.84. The number of benzene rings is 2. The van der Waals surface area contributed by atoms with Crippen LogP contribution in [0.5, 0.6) is 0 Å². The van der Waals surface area contributed by atoms with Gasteiger partial charge in [-0.3, -0.25) is 0 Å². The molecule has 3 rings (SSSR count). The van der Waals surface area contributed by atoms with Crippen LogP contribution in [0.25, 0.3) is 10.9 Å². The van der Waals surface area contributed by atoms with Gasteiger partial charge in [-0.15, -0.1) is 0 Å². The Balaban J connectivity index is 1.76. The van der Waals surface area contributed by atoms with Gasteiger partial charge in [-0.1, -0.05) is 15.9 Å². The summed E-state index contributed by atoms with van der Waals surface area (Å²) in [4.78, 5) is 3.36. The maximum Gasteiger partial charge on any atom is 0.240 e. The van der Waals surface area contributed by atoms with Gasteiger partial charge in [0, 0.05) is 27.6 Å². The zero-order valence-electron chi connectivity index (χ0n) is 12.9. The quantitative estimate of drug-likeness (QED) is 0.669. The summed E-state index contributed by atoms with van der Waals surface area (Å²) in [6.07, 6.45) is 0.558. The summed E-state index contributed by atoms with van der Waals surface area (Å²) < 4.78 is 40.9.